The summed E-state index contributed by atoms with van der Waals surface area (Å²) in [6, 6.07) is 6.03. The molecule has 0 saturated heterocycles. The summed E-state index contributed by atoms with van der Waals surface area (Å²) < 4.78 is 0. The molecule has 0 aliphatic rings. The second-order valence-electron chi connectivity index (χ2n) is 4.35. The third-order valence-electron chi connectivity index (χ3n) is 2.82. The lowest BCUT2D eigenvalue weighted by Gasteiger charge is -2.20. The molecule has 2 nitrogen and oxygen atoms in total. The van der Waals surface area contributed by atoms with E-state index in [9.17, 15) is 0 Å². The van der Waals surface area contributed by atoms with Crippen LogP contribution in [-0.2, 0) is 0 Å². The third kappa shape index (κ3) is 4.06. The Kier molecular flexibility index (Phi) is 5.52. The number of allylic oxidation sites excluding steroid dienone is 1. The van der Waals surface area contributed by atoms with E-state index in [0.717, 1.165) is 35.7 Å². The summed E-state index contributed by atoms with van der Waals surface area (Å²) in [5.41, 5.74) is 7.95. The van der Waals surface area contributed by atoms with Crippen LogP contribution >= 0.6 is 11.6 Å². The van der Waals surface area contributed by atoms with Gasteiger partial charge >= 0.3 is 0 Å². The molecule has 0 bridgehead atoms. The first-order chi connectivity index (χ1) is 8.06. The number of benzene rings is 1. The third-order valence-corrected chi connectivity index (χ3v) is 3.14. The van der Waals surface area contributed by atoms with Gasteiger partial charge in [-0.1, -0.05) is 23.7 Å². The maximum Gasteiger partial charge on any atom is 0.0474 e. The van der Waals surface area contributed by atoms with Crippen molar-refractivity contribution in [3.63, 3.8) is 0 Å². The number of unbranched alkanes of at least 4 members (excludes halogenated alkanes) is 1. The molecule has 0 aliphatic carbocycles. The Morgan fingerprint density at radius 1 is 1.53 bits per heavy atom. The van der Waals surface area contributed by atoms with Gasteiger partial charge in [0.1, 0.15) is 0 Å². The van der Waals surface area contributed by atoms with E-state index in [4.69, 9.17) is 17.3 Å². The Morgan fingerprint density at radius 3 is 2.76 bits per heavy atom. The first-order valence-corrected chi connectivity index (χ1v) is 6.31. The Labute approximate surface area is 109 Å². The second-order valence-corrected chi connectivity index (χ2v) is 4.75. The molecule has 1 atom stereocenters. The van der Waals surface area contributed by atoms with Gasteiger partial charge in [0.2, 0.25) is 0 Å². The first-order valence-electron chi connectivity index (χ1n) is 5.93. The quantitative estimate of drug-likeness (QED) is 0.617. The molecule has 1 aromatic carbocycles. The first kappa shape index (κ1) is 14.1. The van der Waals surface area contributed by atoms with Crippen LogP contribution in [0.1, 0.15) is 31.4 Å². The average Bonchev–Trinajstić information content (AvgIpc) is 2.28. The van der Waals surface area contributed by atoms with Crippen LogP contribution in [0.25, 0.3) is 0 Å². The highest BCUT2D eigenvalue weighted by molar-refractivity contribution is 6.31. The van der Waals surface area contributed by atoms with Crippen molar-refractivity contribution in [2.24, 2.45) is 5.73 Å². The van der Waals surface area contributed by atoms with Gasteiger partial charge in [-0.05, 0) is 37.5 Å². The van der Waals surface area contributed by atoms with Crippen LogP contribution < -0.4 is 10.6 Å². The van der Waals surface area contributed by atoms with Crippen LogP contribution in [0.5, 0.6) is 0 Å². The van der Waals surface area contributed by atoms with Crippen LogP contribution in [0.2, 0.25) is 5.02 Å². The zero-order valence-electron chi connectivity index (χ0n) is 10.6. The molecule has 0 aromatic heterocycles. The van der Waals surface area contributed by atoms with Crippen molar-refractivity contribution < 1.29 is 0 Å². The van der Waals surface area contributed by atoms with Gasteiger partial charge in [-0.3, -0.25) is 0 Å². The topological polar surface area (TPSA) is 29.3 Å². The van der Waals surface area contributed by atoms with Gasteiger partial charge in [0.25, 0.3) is 0 Å². The van der Waals surface area contributed by atoms with E-state index in [2.05, 4.69) is 24.6 Å². The van der Waals surface area contributed by atoms with Gasteiger partial charge in [0.05, 0.1) is 0 Å². The van der Waals surface area contributed by atoms with Crippen molar-refractivity contribution in [2.45, 2.75) is 25.8 Å². The molecule has 0 fully saturated rings. The maximum atomic E-state index is 6.21. The van der Waals surface area contributed by atoms with E-state index in [1.807, 2.05) is 25.1 Å². The zero-order chi connectivity index (χ0) is 12.8. The molecule has 2 N–H and O–H groups in total. The number of anilines is 1. The molecule has 0 saturated carbocycles. The van der Waals surface area contributed by atoms with Crippen molar-refractivity contribution in [1.82, 2.24) is 0 Å². The Morgan fingerprint density at radius 2 is 2.24 bits per heavy atom. The normalized spacial score (nSPS) is 12.2. The van der Waals surface area contributed by atoms with Crippen molar-refractivity contribution >= 4 is 17.3 Å². The average molecular weight is 253 g/mol. The number of hydrogen-bond donors (Lipinski definition) is 1. The maximum absolute atomic E-state index is 6.21. The fourth-order valence-electron chi connectivity index (χ4n) is 1.72. The number of halogens is 1. The van der Waals surface area contributed by atoms with Crippen molar-refractivity contribution in [1.29, 1.82) is 0 Å². The zero-order valence-corrected chi connectivity index (χ0v) is 11.4. The molecule has 3 heteroatoms. The molecule has 1 unspecified atom stereocenters. The van der Waals surface area contributed by atoms with Gasteiger partial charge < -0.3 is 10.6 Å². The lowest BCUT2D eigenvalue weighted by atomic mass is 10.1. The molecule has 94 valence electrons. The smallest absolute Gasteiger partial charge is 0.0474 e. The van der Waals surface area contributed by atoms with Gasteiger partial charge in [-0.25, -0.2) is 0 Å². The van der Waals surface area contributed by atoms with Gasteiger partial charge in [-0.2, -0.15) is 0 Å². The molecule has 0 spiro atoms. The lowest BCUT2D eigenvalue weighted by Crippen LogP contribution is -2.18. The summed E-state index contributed by atoms with van der Waals surface area (Å²) in [6.07, 6.45) is 4.09. The summed E-state index contributed by atoms with van der Waals surface area (Å²) in [7, 11) is 2.07. The molecule has 0 radical (unpaired) electrons. The summed E-state index contributed by atoms with van der Waals surface area (Å²) in [4.78, 5) is 2.19. The number of nitrogens with zero attached hydrogens (tertiary/aromatic N) is 1. The van der Waals surface area contributed by atoms with Crippen LogP contribution in [0.3, 0.4) is 0 Å². The van der Waals surface area contributed by atoms with E-state index in [1.165, 1.54) is 0 Å². The van der Waals surface area contributed by atoms with Crippen molar-refractivity contribution in [3.8, 4) is 0 Å². The van der Waals surface area contributed by atoms with Crippen molar-refractivity contribution in [3.05, 3.63) is 41.4 Å². The second kappa shape index (κ2) is 6.67. The fraction of sp³-hybridized carbons (Fsp3) is 0.429. The minimum atomic E-state index is -0.0254. The van der Waals surface area contributed by atoms with Gasteiger partial charge in [-0.15, -0.1) is 6.58 Å². The number of rotatable bonds is 6. The molecule has 17 heavy (non-hydrogen) atoms. The monoisotopic (exact) mass is 252 g/mol. The highest BCUT2D eigenvalue weighted by Crippen LogP contribution is 2.26. The minimum absolute atomic E-state index is 0.0254. The molecule has 0 amide bonds. The lowest BCUT2D eigenvalue weighted by molar-refractivity contribution is 0.797. The predicted molar refractivity (Wildman–Crippen MR) is 76.8 cm³/mol. The Balaban J connectivity index is 2.72. The van der Waals surface area contributed by atoms with E-state index < -0.39 is 0 Å². The Bertz CT molecular complexity index is 374. The standard InChI is InChI=1S/C14H21ClN2/c1-4-5-6-9-17(3)12-7-8-13(11(2)16)14(15)10-12/h4,7-8,10-11H,1,5-6,9,16H2,2-3H3. The highest BCUT2D eigenvalue weighted by Gasteiger charge is 2.07. The summed E-state index contributed by atoms with van der Waals surface area (Å²) in [6.45, 7) is 6.66. The minimum Gasteiger partial charge on any atom is -0.375 e. The number of hydrogen-bond acceptors (Lipinski definition) is 2. The molecular formula is C14H21ClN2. The van der Waals surface area contributed by atoms with E-state index in [1.54, 1.807) is 0 Å². The van der Waals surface area contributed by atoms with Crippen LogP contribution in [-0.4, -0.2) is 13.6 Å². The molecule has 0 aliphatic heterocycles. The van der Waals surface area contributed by atoms with Gasteiger partial charge in [0, 0.05) is 30.3 Å². The van der Waals surface area contributed by atoms with E-state index in [0.29, 0.717) is 0 Å². The predicted octanol–water partition coefficient (Wildman–Crippen LogP) is 3.76. The molecule has 0 heterocycles. The number of nitrogens with two attached hydrogens (primary N) is 1. The SMILES string of the molecule is C=CCCCN(C)c1ccc(C(C)N)c(Cl)c1. The largest absolute Gasteiger partial charge is 0.375 e. The van der Waals surface area contributed by atoms with Crippen LogP contribution in [0.15, 0.2) is 30.9 Å². The Hall–Kier alpha value is -0.990. The van der Waals surface area contributed by atoms with Crippen LogP contribution in [0, 0.1) is 0 Å². The van der Waals surface area contributed by atoms with Gasteiger partial charge in [0.15, 0.2) is 0 Å². The summed E-state index contributed by atoms with van der Waals surface area (Å²) in [5.74, 6) is 0. The van der Waals surface area contributed by atoms with Crippen LogP contribution in [0.4, 0.5) is 5.69 Å². The van der Waals surface area contributed by atoms with Crippen molar-refractivity contribution in [2.75, 3.05) is 18.5 Å². The fourth-order valence-corrected chi connectivity index (χ4v) is 2.07. The molecule has 1 rings (SSSR count). The van der Waals surface area contributed by atoms with E-state index in [-0.39, 0.29) is 6.04 Å². The highest BCUT2D eigenvalue weighted by atomic mass is 35.5. The molecule has 1 aromatic rings. The summed E-state index contributed by atoms with van der Waals surface area (Å²) in [5, 5.41) is 0.744. The molecular weight excluding hydrogens is 232 g/mol. The van der Waals surface area contributed by atoms with E-state index >= 15 is 0 Å². The summed E-state index contributed by atoms with van der Waals surface area (Å²) >= 11 is 6.21.